The van der Waals surface area contributed by atoms with Crippen LogP contribution in [0.15, 0.2) is 48.5 Å². The second kappa shape index (κ2) is 6.05. The fourth-order valence-electron chi connectivity index (χ4n) is 2.40. The first-order valence-electron chi connectivity index (χ1n) is 7.14. The molecule has 1 atom stereocenters. The van der Waals surface area contributed by atoms with Crippen molar-refractivity contribution in [2.24, 2.45) is 0 Å². The molecule has 1 aliphatic rings. The Hall–Kier alpha value is -2.56. The molecule has 0 bridgehead atoms. The van der Waals surface area contributed by atoms with Gasteiger partial charge in [-0.1, -0.05) is 12.1 Å². The summed E-state index contributed by atoms with van der Waals surface area (Å²) < 4.78 is 24.3. The van der Waals surface area contributed by atoms with Crippen molar-refractivity contribution in [3.63, 3.8) is 0 Å². The molecule has 22 heavy (non-hydrogen) atoms. The molecule has 0 radical (unpaired) electrons. The normalized spacial score (nSPS) is 16.2. The van der Waals surface area contributed by atoms with Crippen LogP contribution in [0.4, 0.5) is 10.1 Å². The molecule has 1 aliphatic heterocycles. The largest absolute Gasteiger partial charge is 0.485 e. The van der Waals surface area contributed by atoms with Crippen LogP contribution in [0.1, 0.15) is 6.92 Å². The number of halogens is 1. The van der Waals surface area contributed by atoms with Gasteiger partial charge in [0.15, 0.2) is 11.5 Å². The number of carbonyl (C=O) groups excluding carboxylic acids is 1. The molecular weight excluding hydrogens is 285 g/mol. The molecule has 2 aromatic rings. The monoisotopic (exact) mass is 301 g/mol. The van der Waals surface area contributed by atoms with E-state index in [0.29, 0.717) is 23.7 Å². The number of benzene rings is 2. The van der Waals surface area contributed by atoms with Crippen LogP contribution in [0.25, 0.3) is 0 Å². The fourth-order valence-corrected chi connectivity index (χ4v) is 2.40. The highest BCUT2D eigenvalue weighted by Crippen LogP contribution is 2.31. The van der Waals surface area contributed by atoms with Gasteiger partial charge in [-0.15, -0.1) is 0 Å². The van der Waals surface area contributed by atoms with Crippen LogP contribution in [0.2, 0.25) is 0 Å². The van der Waals surface area contributed by atoms with Gasteiger partial charge in [-0.2, -0.15) is 0 Å². The highest BCUT2D eigenvalue weighted by Gasteiger charge is 2.31. The summed E-state index contributed by atoms with van der Waals surface area (Å²) in [5, 5.41) is 0. The average Bonchev–Trinajstić information content (AvgIpc) is 2.56. The molecule has 0 fully saturated rings. The minimum absolute atomic E-state index is 0.160. The van der Waals surface area contributed by atoms with Crippen molar-refractivity contribution in [2.75, 3.05) is 18.1 Å². The summed E-state index contributed by atoms with van der Waals surface area (Å²) >= 11 is 0. The summed E-state index contributed by atoms with van der Waals surface area (Å²) in [6.07, 6.45) is -0.708. The van der Waals surface area contributed by atoms with Gasteiger partial charge in [-0.3, -0.25) is 4.79 Å². The Labute approximate surface area is 128 Å². The Bertz CT molecular complexity index is 672. The Morgan fingerprint density at radius 1 is 1.18 bits per heavy atom. The number of fused-ring (bicyclic) bond motifs is 1. The summed E-state index contributed by atoms with van der Waals surface area (Å²) in [7, 11) is 0. The topological polar surface area (TPSA) is 38.8 Å². The van der Waals surface area contributed by atoms with Crippen LogP contribution in [0, 0.1) is 5.82 Å². The first kappa shape index (κ1) is 14.4. The van der Waals surface area contributed by atoms with E-state index in [-0.39, 0.29) is 18.3 Å². The quantitative estimate of drug-likeness (QED) is 0.874. The molecular formula is C17H16FNO3. The van der Waals surface area contributed by atoms with Crippen LogP contribution in [0.5, 0.6) is 11.5 Å². The number of rotatable bonds is 3. The Kier molecular flexibility index (Phi) is 3.96. The van der Waals surface area contributed by atoms with E-state index in [9.17, 15) is 9.18 Å². The lowest BCUT2D eigenvalue weighted by atomic mass is 10.2. The highest BCUT2D eigenvalue weighted by molar-refractivity contribution is 5.97. The van der Waals surface area contributed by atoms with Crippen LogP contribution >= 0.6 is 0 Å². The summed E-state index contributed by atoms with van der Waals surface area (Å²) in [6.45, 7) is 2.48. The standard InChI is InChI=1S/C17H16FNO3/c1-2-19(13-9-7-12(18)8-10-13)17(20)16-11-21-14-5-3-4-6-15(14)22-16/h3-10,16H,2,11H2,1H3. The lowest BCUT2D eigenvalue weighted by Crippen LogP contribution is -2.46. The lowest BCUT2D eigenvalue weighted by molar-refractivity contribution is -0.127. The number of carbonyl (C=O) groups is 1. The van der Waals surface area contributed by atoms with Crippen molar-refractivity contribution in [1.29, 1.82) is 0 Å². The molecule has 0 saturated heterocycles. The molecule has 1 heterocycles. The third-order valence-corrected chi connectivity index (χ3v) is 3.50. The van der Waals surface area contributed by atoms with Crippen molar-refractivity contribution >= 4 is 11.6 Å². The lowest BCUT2D eigenvalue weighted by Gasteiger charge is -2.30. The molecule has 5 heteroatoms. The Morgan fingerprint density at radius 2 is 1.86 bits per heavy atom. The average molecular weight is 301 g/mol. The van der Waals surface area contributed by atoms with Gasteiger partial charge < -0.3 is 14.4 Å². The van der Waals surface area contributed by atoms with E-state index in [1.54, 1.807) is 29.2 Å². The van der Waals surface area contributed by atoms with Gasteiger partial charge in [-0.25, -0.2) is 4.39 Å². The van der Waals surface area contributed by atoms with E-state index in [4.69, 9.17) is 9.47 Å². The van der Waals surface area contributed by atoms with E-state index in [1.165, 1.54) is 12.1 Å². The predicted molar refractivity (Wildman–Crippen MR) is 80.8 cm³/mol. The number of anilines is 1. The summed E-state index contributed by atoms with van der Waals surface area (Å²) in [5.41, 5.74) is 0.636. The first-order chi connectivity index (χ1) is 10.7. The third-order valence-electron chi connectivity index (χ3n) is 3.50. The number of hydrogen-bond donors (Lipinski definition) is 0. The summed E-state index contributed by atoms with van der Waals surface area (Å²) in [5.74, 6) is 0.653. The van der Waals surface area contributed by atoms with Crippen LogP contribution in [-0.2, 0) is 4.79 Å². The van der Waals surface area contributed by atoms with Gasteiger partial charge in [-0.05, 0) is 43.3 Å². The predicted octanol–water partition coefficient (Wildman–Crippen LogP) is 3.02. The molecule has 1 amide bonds. The molecule has 0 aromatic heterocycles. The fraction of sp³-hybridized carbons (Fsp3) is 0.235. The van der Waals surface area contributed by atoms with Crippen LogP contribution < -0.4 is 14.4 Å². The van der Waals surface area contributed by atoms with E-state index >= 15 is 0 Å². The van der Waals surface area contributed by atoms with Crippen LogP contribution in [-0.4, -0.2) is 25.2 Å². The molecule has 2 aromatic carbocycles. The van der Waals surface area contributed by atoms with Gasteiger partial charge in [0.25, 0.3) is 5.91 Å². The zero-order valence-electron chi connectivity index (χ0n) is 12.2. The van der Waals surface area contributed by atoms with Gasteiger partial charge in [0.2, 0.25) is 6.10 Å². The Balaban J connectivity index is 1.79. The summed E-state index contributed by atoms with van der Waals surface area (Å²) in [6, 6.07) is 13.1. The maximum absolute atomic E-state index is 13.0. The molecule has 0 aliphatic carbocycles. The van der Waals surface area contributed by atoms with Gasteiger partial charge in [0, 0.05) is 12.2 Å². The molecule has 0 N–H and O–H groups in total. The molecule has 0 spiro atoms. The maximum atomic E-state index is 13.0. The molecule has 3 rings (SSSR count). The van der Waals surface area contributed by atoms with Crippen molar-refractivity contribution in [1.82, 2.24) is 0 Å². The van der Waals surface area contributed by atoms with Crippen molar-refractivity contribution < 1.29 is 18.7 Å². The molecule has 0 saturated carbocycles. The van der Waals surface area contributed by atoms with Gasteiger partial charge in [0.05, 0.1) is 0 Å². The number of ether oxygens (including phenoxy) is 2. The number of amides is 1. The van der Waals surface area contributed by atoms with Crippen molar-refractivity contribution in [2.45, 2.75) is 13.0 Å². The van der Waals surface area contributed by atoms with Crippen LogP contribution in [0.3, 0.4) is 0 Å². The highest BCUT2D eigenvalue weighted by atomic mass is 19.1. The van der Waals surface area contributed by atoms with Gasteiger partial charge >= 0.3 is 0 Å². The second-order valence-electron chi connectivity index (χ2n) is 4.92. The number of likely N-dealkylation sites (N-methyl/N-ethyl adjacent to an activating group) is 1. The third kappa shape index (κ3) is 2.74. The SMILES string of the molecule is CCN(C(=O)C1COc2ccccc2O1)c1ccc(F)cc1. The molecule has 1 unspecified atom stereocenters. The Morgan fingerprint density at radius 3 is 2.55 bits per heavy atom. The second-order valence-corrected chi connectivity index (χ2v) is 4.92. The van der Waals surface area contributed by atoms with Gasteiger partial charge in [0.1, 0.15) is 12.4 Å². The van der Waals surface area contributed by atoms with E-state index in [1.807, 2.05) is 19.1 Å². The zero-order valence-corrected chi connectivity index (χ0v) is 12.2. The maximum Gasteiger partial charge on any atom is 0.271 e. The first-order valence-corrected chi connectivity index (χ1v) is 7.14. The minimum atomic E-state index is -0.708. The van der Waals surface area contributed by atoms with Crippen molar-refractivity contribution in [3.05, 3.63) is 54.3 Å². The summed E-state index contributed by atoms with van der Waals surface area (Å²) in [4.78, 5) is 14.2. The van der Waals surface area contributed by atoms with E-state index < -0.39 is 6.10 Å². The molecule has 114 valence electrons. The smallest absolute Gasteiger partial charge is 0.271 e. The van der Waals surface area contributed by atoms with E-state index in [0.717, 1.165) is 0 Å². The number of para-hydroxylation sites is 2. The minimum Gasteiger partial charge on any atom is -0.485 e. The zero-order chi connectivity index (χ0) is 15.5. The van der Waals surface area contributed by atoms with Crippen molar-refractivity contribution in [3.8, 4) is 11.5 Å². The number of hydrogen-bond acceptors (Lipinski definition) is 3. The van der Waals surface area contributed by atoms with E-state index in [2.05, 4.69) is 0 Å². The number of nitrogens with zero attached hydrogens (tertiary/aromatic N) is 1. The molecule has 4 nitrogen and oxygen atoms in total.